The molecule has 3 aromatic rings. The third kappa shape index (κ3) is 4.96. The van der Waals surface area contributed by atoms with Crippen LogP contribution in [0.5, 0.6) is 11.5 Å². The standard InChI is InChI=1S/C20H11ClF4N2O3S/c21-17-4-3-14(9-16(17)20(23,24)25)30-18-5-1-11(7-12(18)10-26)15-8-13(22)2-6-19(15)31(27,28)29/h1-9H,(H2,27,28,29). The lowest BCUT2D eigenvalue weighted by Gasteiger charge is -2.14. The zero-order valence-electron chi connectivity index (χ0n) is 15.2. The smallest absolute Gasteiger partial charge is 0.417 e. The average Bonchev–Trinajstić information content (AvgIpc) is 2.67. The summed E-state index contributed by atoms with van der Waals surface area (Å²) in [4.78, 5) is -0.362. The Hall–Kier alpha value is -3.13. The van der Waals surface area contributed by atoms with Gasteiger partial charge in [0, 0.05) is 5.56 Å². The van der Waals surface area contributed by atoms with Gasteiger partial charge in [-0.15, -0.1) is 0 Å². The molecule has 0 spiro atoms. The van der Waals surface area contributed by atoms with Crippen molar-refractivity contribution in [2.24, 2.45) is 5.14 Å². The molecule has 0 amide bonds. The maximum atomic E-state index is 13.7. The minimum atomic E-state index is -4.71. The molecular weight excluding hydrogens is 460 g/mol. The Bertz CT molecular complexity index is 1320. The third-order valence-corrected chi connectivity index (χ3v) is 5.43. The molecule has 0 aliphatic heterocycles. The van der Waals surface area contributed by atoms with Crippen molar-refractivity contribution in [1.82, 2.24) is 0 Å². The number of nitrogens with two attached hydrogens (primary N) is 1. The second-order valence-corrected chi connectivity index (χ2v) is 8.19. The number of alkyl halides is 3. The molecule has 0 fully saturated rings. The van der Waals surface area contributed by atoms with Crippen LogP contribution in [0.25, 0.3) is 11.1 Å². The van der Waals surface area contributed by atoms with Crippen LogP contribution in [0.3, 0.4) is 0 Å². The molecule has 0 bridgehead atoms. The molecular formula is C20H11ClF4N2O3S. The molecule has 3 rings (SSSR count). The summed E-state index contributed by atoms with van der Waals surface area (Å²) >= 11 is 5.58. The maximum Gasteiger partial charge on any atom is 0.417 e. The zero-order valence-corrected chi connectivity index (χ0v) is 16.8. The summed E-state index contributed by atoms with van der Waals surface area (Å²) in [6.45, 7) is 0. The largest absolute Gasteiger partial charge is 0.456 e. The van der Waals surface area contributed by atoms with Gasteiger partial charge in [0.15, 0.2) is 0 Å². The molecule has 0 saturated carbocycles. The van der Waals surface area contributed by atoms with E-state index >= 15 is 0 Å². The van der Waals surface area contributed by atoms with E-state index in [2.05, 4.69) is 0 Å². The molecule has 31 heavy (non-hydrogen) atoms. The lowest BCUT2D eigenvalue weighted by atomic mass is 10.0. The predicted octanol–water partition coefficient (Wildman–Crippen LogP) is 5.48. The molecule has 0 radical (unpaired) electrons. The molecule has 0 aliphatic rings. The summed E-state index contributed by atoms with van der Waals surface area (Å²) < 4.78 is 81.8. The Morgan fingerprint density at radius 1 is 1.03 bits per heavy atom. The SMILES string of the molecule is N#Cc1cc(-c2cc(F)ccc2S(N)(=O)=O)ccc1Oc1ccc(Cl)c(C(F)(F)F)c1. The first kappa shape index (κ1) is 22.6. The van der Waals surface area contributed by atoms with E-state index in [1.54, 1.807) is 0 Å². The molecule has 5 nitrogen and oxygen atoms in total. The highest BCUT2D eigenvalue weighted by molar-refractivity contribution is 7.89. The van der Waals surface area contributed by atoms with E-state index < -0.39 is 32.6 Å². The van der Waals surface area contributed by atoms with E-state index in [0.29, 0.717) is 6.07 Å². The van der Waals surface area contributed by atoms with Crippen LogP contribution in [0.2, 0.25) is 5.02 Å². The molecule has 0 aromatic heterocycles. The molecule has 0 unspecified atom stereocenters. The Morgan fingerprint density at radius 3 is 2.35 bits per heavy atom. The van der Waals surface area contributed by atoms with Crippen LogP contribution in [0.1, 0.15) is 11.1 Å². The molecule has 2 N–H and O–H groups in total. The molecule has 160 valence electrons. The number of halogens is 5. The predicted molar refractivity (Wildman–Crippen MR) is 104 cm³/mol. The fraction of sp³-hybridized carbons (Fsp3) is 0.0500. The minimum Gasteiger partial charge on any atom is -0.456 e. The van der Waals surface area contributed by atoms with Crippen molar-refractivity contribution in [3.63, 3.8) is 0 Å². The third-order valence-electron chi connectivity index (χ3n) is 4.13. The normalized spacial score (nSPS) is 11.8. The van der Waals surface area contributed by atoms with Gasteiger partial charge in [-0.05, 0) is 54.1 Å². The summed E-state index contributed by atoms with van der Waals surface area (Å²) in [5.41, 5.74) is -1.19. The number of ether oxygens (including phenoxy) is 1. The Kier molecular flexibility index (Phi) is 5.96. The van der Waals surface area contributed by atoms with Crippen molar-refractivity contribution in [2.45, 2.75) is 11.1 Å². The number of nitrogens with zero attached hydrogens (tertiary/aromatic N) is 1. The molecule has 0 atom stereocenters. The van der Waals surface area contributed by atoms with Crippen LogP contribution in [0, 0.1) is 17.1 Å². The summed E-state index contributed by atoms with van der Waals surface area (Å²) in [7, 11) is -4.20. The number of sulfonamides is 1. The highest BCUT2D eigenvalue weighted by Gasteiger charge is 2.33. The lowest BCUT2D eigenvalue weighted by Crippen LogP contribution is -2.13. The van der Waals surface area contributed by atoms with Crippen LogP contribution in [-0.2, 0) is 16.2 Å². The van der Waals surface area contributed by atoms with Gasteiger partial charge in [-0.1, -0.05) is 17.7 Å². The number of primary sulfonamides is 1. The van der Waals surface area contributed by atoms with Gasteiger partial charge in [0.1, 0.15) is 23.4 Å². The first-order valence-electron chi connectivity index (χ1n) is 8.31. The van der Waals surface area contributed by atoms with E-state index in [0.717, 1.165) is 24.3 Å². The number of hydrogen-bond acceptors (Lipinski definition) is 4. The highest BCUT2D eigenvalue weighted by Crippen LogP contribution is 2.39. The van der Waals surface area contributed by atoms with Crippen LogP contribution < -0.4 is 9.88 Å². The van der Waals surface area contributed by atoms with Gasteiger partial charge in [-0.2, -0.15) is 18.4 Å². The van der Waals surface area contributed by atoms with Crippen molar-refractivity contribution in [2.75, 3.05) is 0 Å². The van der Waals surface area contributed by atoms with E-state index in [9.17, 15) is 31.2 Å². The van der Waals surface area contributed by atoms with Gasteiger partial charge in [-0.25, -0.2) is 17.9 Å². The molecule has 3 aromatic carbocycles. The van der Waals surface area contributed by atoms with Gasteiger partial charge in [-0.3, -0.25) is 0 Å². The van der Waals surface area contributed by atoms with Crippen molar-refractivity contribution in [1.29, 1.82) is 5.26 Å². The molecule has 0 saturated heterocycles. The first-order chi connectivity index (χ1) is 14.4. The fourth-order valence-corrected chi connectivity index (χ4v) is 3.73. The van der Waals surface area contributed by atoms with Crippen molar-refractivity contribution < 1.29 is 30.7 Å². The number of hydrogen-bond donors (Lipinski definition) is 1. The van der Waals surface area contributed by atoms with Gasteiger partial charge in [0.2, 0.25) is 10.0 Å². The summed E-state index contributed by atoms with van der Waals surface area (Å²) in [6, 6.07) is 11.3. The summed E-state index contributed by atoms with van der Waals surface area (Å²) in [5, 5.41) is 14.1. The number of nitriles is 1. The quantitative estimate of drug-likeness (QED) is 0.511. The number of rotatable bonds is 4. The monoisotopic (exact) mass is 470 g/mol. The Morgan fingerprint density at radius 2 is 1.74 bits per heavy atom. The van der Waals surface area contributed by atoms with Crippen molar-refractivity contribution in [3.8, 4) is 28.7 Å². The van der Waals surface area contributed by atoms with E-state index in [1.807, 2.05) is 6.07 Å². The van der Waals surface area contributed by atoms with E-state index in [4.69, 9.17) is 21.5 Å². The van der Waals surface area contributed by atoms with Gasteiger partial charge in [0.25, 0.3) is 0 Å². The van der Waals surface area contributed by atoms with Crippen LogP contribution >= 0.6 is 11.6 Å². The summed E-state index contributed by atoms with van der Waals surface area (Å²) in [5.74, 6) is -1.06. The van der Waals surface area contributed by atoms with Crippen LogP contribution in [0.4, 0.5) is 17.6 Å². The topological polar surface area (TPSA) is 93.2 Å². The van der Waals surface area contributed by atoms with Gasteiger partial charge in [0.05, 0.1) is 21.0 Å². The van der Waals surface area contributed by atoms with Crippen molar-refractivity contribution >= 4 is 21.6 Å². The summed E-state index contributed by atoms with van der Waals surface area (Å²) in [6.07, 6.45) is -4.71. The van der Waals surface area contributed by atoms with Crippen LogP contribution in [0.15, 0.2) is 59.5 Å². The Labute approximate surface area is 179 Å². The first-order valence-corrected chi connectivity index (χ1v) is 10.2. The average molecular weight is 471 g/mol. The fourth-order valence-electron chi connectivity index (χ4n) is 2.76. The van der Waals surface area contributed by atoms with Crippen LogP contribution in [-0.4, -0.2) is 8.42 Å². The zero-order chi connectivity index (χ0) is 23.0. The molecule has 0 heterocycles. The van der Waals surface area contributed by atoms with Gasteiger partial charge < -0.3 is 4.74 Å². The van der Waals surface area contributed by atoms with Gasteiger partial charge >= 0.3 is 6.18 Å². The highest BCUT2D eigenvalue weighted by atomic mass is 35.5. The van der Waals surface area contributed by atoms with Crippen molar-refractivity contribution in [3.05, 3.63) is 76.6 Å². The second-order valence-electron chi connectivity index (χ2n) is 6.25. The van der Waals surface area contributed by atoms with E-state index in [1.165, 1.54) is 24.3 Å². The maximum absolute atomic E-state index is 13.7. The molecule has 0 aliphatic carbocycles. The molecule has 11 heteroatoms. The minimum absolute atomic E-state index is 0.0867. The number of benzene rings is 3. The van der Waals surface area contributed by atoms with E-state index in [-0.39, 0.29) is 33.1 Å². The Balaban J connectivity index is 2.06. The second kappa shape index (κ2) is 8.19. The lowest BCUT2D eigenvalue weighted by molar-refractivity contribution is -0.137.